The van der Waals surface area contributed by atoms with Crippen LogP contribution in [0.25, 0.3) is 0 Å². The van der Waals surface area contributed by atoms with Gasteiger partial charge in [0.15, 0.2) is 5.78 Å². The number of hydrogen-bond donors (Lipinski definition) is 1. The first-order valence-corrected chi connectivity index (χ1v) is 6.19. The smallest absolute Gasteiger partial charge is 0.333 e. The maximum atomic E-state index is 11.7. The Morgan fingerprint density at radius 3 is 2.42 bits per heavy atom. The molecule has 0 heterocycles. The van der Waals surface area contributed by atoms with E-state index in [1.807, 2.05) is 30.3 Å². The van der Waals surface area contributed by atoms with Gasteiger partial charge >= 0.3 is 5.97 Å². The molecule has 0 aliphatic rings. The standard InChI is InChI=1S/C15H19NO3/c1-11(2)15(18)13(16-3)9-14(17)19-10-12-7-5-4-6-8-12/h4-9,11,16H,10H2,1-3H3/b13-9-. The zero-order chi connectivity index (χ0) is 14.3. The van der Waals surface area contributed by atoms with Crippen molar-refractivity contribution in [2.45, 2.75) is 20.5 Å². The van der Waals surface area contributed by atoms with Crippen LogP contribution in [0.15, 0.2) is 42.1 Å². The average molecular weight is 261 g/mol. The number of Topliss-reactive ketones (excluding diaryl/α,β-unsaturated/α-hetero) is 1. The van der Waals surface area contributed by atoms with Crippen LogP contribution in [0.2, 0.25) is 0 Å². The van der Waals surface area contributed by atoms with Gasteiger partial charge in [-0.2, -0.15) is 0 Å². The summed E-state index contributed by atoms with van der Waals surface area (Å²) in [5.41, 5.74) is 1.18. The third-order valence-corrected chi connectivity index (χ3v) is 2.55. The molecule has 0 unspecified atom stereocenters. The summed E-state index contributed by atoms with van der Waals surface area (Å²) in [7, 11) is 1.61. The molecule has 4 nitrogen and oxygen atoms in total. The van der Waals surface area contributed by atoms with E-state index in [1.165, 1.54) is 6.08 Å². The number of hydrogen-bond acceptors (Lipinski definition) is 4. The minimum atomic E-state index is -0.526. The molecule has 19 heavy (non-hydrogen) atoms. The molecule has 1 N–H and O–H groups in total. The van der Waals surface area contributed by atoms with Crippen LogP contribution in [0.3, 0.4) is 0 Å². The first-order chi connectivity index (χ1) is 9.04. The number of ether oxygens (including phenoxy) is 1. The van der Waals surface area contributed by atoms with Crippen molar-refractivity contribution in [3.05, 3.63) is 47.7 Å². The lowest BCUT2D eigenvalue weighted by Gasteiger charge is -2.08. The fourth-order valence-electron chi connectivity index (χ4n) is 1.47. The molecule has 1 rings (SSSR count). The van der Waals surface area contributed by atoms with Gasteiger partial charge in [-0.25, -0.2) is 4.79 Å². The van der Waals surface area contributed by atoms with Gasteiger partial charge in [-0.05, 0) is 5.56 Å². The van der Waals surface area contributed by atoms with Crippen molar-refractivity contribution in [1.82, 2.24) is 5.32 Å². The third kappa shape index (κ3) is 4.95. The molecule has 0 saturated carbocycles. The number of ketones is 1. The van der Waals surface area contributed by atoms with Crippen molar-refractivity contribution < 1.29 is 14.3 Å². The highest BCUT2D eigenvalue weighted by Gasteiger charge is 2.14. The van der Waals surface area contributed by atoms with Gasteiger partial charge in [-0.3, -0.25) is 4.79 Å². The summed E-state index contributed by atoms with van der Waals surface area (Å²) in [6.45, 7) is 3.76. The fraction of sp³-hybridized carbons (Fsp3) is 0.333. The van der Waals surface area contributed by atoms with E-state index >= 15 is 0 Å². The first kappa shape index (κ1) is 15.0. The van der Waals surface area contributed by atoms with E-state index in [9.17, 15) is 9.59 Å². The molecule has 0 aromatic heterocycles. The zero-order valence-corrected chi connectivity index (χ0v) is 11.5. The maximum Gasteiger partial charge on any atom is 0.333 e. The topological polar surface area (TPSA) is 55.4 Å². The van der Waals surface area contributed by atoms with Crippen LogP contribution < -0.4 is 5.32 Å². The highest BCUT2D eigenvalue weighted by atomic mass is 16.5. The van der Waals surface area contributed by atoms with Crippen molar-refractivity contribution in [3.8, 4) is 0 Å². The molecule has 0 radical (unpaired) electrons. The first-order valence-electron chi connectivity index (χ1n) is 6.19. The minimum absolute atomic E-state index is 0.112. The van der Waals surface area contributed by atoms with E-state index in [1.54, 1.807) is 20.9 Å². The van der Waals surface area contributed by atoms with Crippen LogP contribution in [0.5, 0.6) is 0 Å². The molecule has 4 heteroatoms. The molecule has 0 aliphatic heterocycles. The Kier molecular flexibility index (Phi) is 5.79. The Labute approximate surface area is 113 Å². The highest BCUT2D eigenvalue weighted by Crippen LogP contribution is 2.05. The summed E-state index contributed by atoms with van der Waals surface area (Å²) in [6, 6.07) is 9.39. The molecule has 0 atom stereocenters. The number of nitrogens with one attached hydrogen (secondary N) is 1. The number of carbonyl (C=O) groups is 2. The summed E-state index contributed by atoms with van der Waals surface area (Å²) >= 11 is 0. The number of likely N-dealkylation sites (N-methyl/N-ethyl adjacent to an activating group) is 1. The summed E-state index contributed by atoms with van der Waals surface area (Å²) in [4.78, 5) is 23.4. The van der Waals surface area contributed by atoms with Crippen molar-refractivity contribution in [2.75, 3.05) is 7.05 Å². The van der Waals surface area contributed by atoms with Crippen molar-refractivity contribution in [3.63, 3.8) is 0 Å². The Balaban J connectivity index is 2.60. The normalized spacial score (nSPS) is 11.3. The van der Waals surface area contributed by atoms with Gasteiger partial charge < -0.3 is 10.1 Å². The van der Waals surface area contributed by atoms with Gasteiger partial charge in [0.25, 0.3) is 0 Å². The predicted molar refractivity (Wildman–Crippen MR) is 73.2 cm³/mol. The van der Waals surface area contributed by atoms with E-state index in [0.29, 0.717) is 0 Å². The predicted octanol–water partition coefficient (Wildman–Crippen LogP) is 2.06. The number of esters is 1. The van der Waals surface area contributed by atoms with Gasteiger partial charge in [-0.1, -0.05) is 44.2 Å². The number of carbonyl (C=O) groups excluding carboxylic acids is 2. The second-order valence-electron chi connectivity index (χ2n) is 4.42. The lowest BCUT2D eigenvalue weighted by Crippen LogP contribution is -2.22. The summed E-state index contributed by atoms with van der Waals surface area (Å²) in [6.07, 6.45) is 1.20. The molecule has 0 bridgehead atoms. The van der Waals surface area contributed by atoms with E-state index < -0.39 is 5.97 Å². The summed E-state index contributed by atoms with van der Waals surface area (Å²) in [5, 5.41) is 2.72. The van der Waals surface area contributed by atoms with Crippen LogP contribution in [-0.2, 0) is 20.9 Å². The molecule has 102 valence electrons. The van der Waals surface area contributed by atoms with Crippen molar-refractivity contribution in [1.29, 1.82) is 0 Å². The molecule has 1 aromatic carbocycles. The molecule has 1 aromatic rings. The number of benzene rings is 1. The number of allylic oxidation sites excluding steroid dienone is 1. The summed E-state index contributed by atoms with van der Waals surface area (Å²) < 4.78 is 5.08. The lowest BCUT2D eigenvalue weighted by molar-refractivity contribution is -0.139. The molecule has 0 amide bonds. The Morgan fingerprint density at radius 2 is 1.89 bits per heavy atom. The molecular weight excluding hydrogens is 242 g/mol. The van der Waals surface area contributed by atoms with Gasteiger partial charge in [0.05, 0.1) is 11.8 Å². The molecule has 0 spiro atoms. The van der Waals surface area contributed by atoms with Gasteiger partial charge in [-0.15, -0.1) is 0 Å². The Bertz CT molecular complexity index is 464. The van der Waals surface area contributed by atoms with E-state index in [-0.39, 0.29) is 24.0 Å². The maximum absolute atomic E-state index is 11.7. The third-order valence-electron chi connectivity index (χ3n) is 2.55. The lowest BCUT2D eigenvalue weighted by atomic mass is 10.1. The van der Waals surface area contributed by atoms with Gasteiger partial charge in [0.1, 0.15) is 6.61 Å². The molecular formula is C15H19NO3. The van der Waals surface area contributed by atoms with Crippen molar-refractivity contribution in [2.24, 2.45) is 5.92 Å². The van der Waals surface area contributed by atoms with Crippen molar-refractivity contribution >= 4 is 11.8 Å². The van der Waals surface area contributed by atoms with Gasteiger partial charge in [0.2, 0.25) is 0 Å². The molecule has 0 aliphatic carbocycles. The fourth-order valence-corrected chi connectivity index (χ4v) is 1.47. The Hall–Kier alpha value is -2.10. The van der Waals surface area contributed by atoms with Crippen LogP contribution in [0.4, 0.5) is 0 Å². The summed E-state index contributed by atoms with van der Waals surface area (Å²) in [5.74, 6) is -0.804. The van der Waals surface area contributed by atoms with E-state index in [0.717, 1.165) is 5.56 Å². The second-order valence-corrected chi connectivity index (χ2v) is 4.42. The van der Waals surface area contributed by atoms with Gasteiger partial charge in [0, 0.05) is 13.0 Å². The van der Waals surface area contributed by atoms with Crippen LogP contribution in [0, 0.1) is 5.92 Å². The monoisotopic (exact) mass is 261 g/mol. The quantitative estimate of drug-likeness (QED) is 0.629. The Morgan fingerprint density at radius 1 is 1.26 bits per heavy atom. The molecule has 0 fully saturated rings. The van der Waals surface area contributed by atoms with Crippen LogP contribution >= 0.6 is 0 Å². The SMILES string of the molecule is CN/C(=C\C(=O)OCc1ccccc1)C(=O)C(C)C. The zero-order valence-electron chi connectivity index (χ0n) is 11.5. The highest BCUT2D eigenvalue weighted by molar-refractivity contribution is 6.01. The van der Waals surface area contributed by atoms with E-state index in [4.69, 9.17) is 4.74 Å². The minimum Gasteiger partial charge on any atom is -0.458 e. The van der Waals surface area contributed by atoms with Crippen LogP contribution in [0.1, 0.15) is 19.4 Å². The largest absolute Gasteiger partial charge is 0.458 e. The molecule has 0 saturated heterocycles. The second kappa shape index (κ2) is 7.36. The van der Waals surface area contributed by atoms with E-state index in [2.05, 4.69) is 5.32 Å². The number of rotatable bonds is 6. The average Bonchev–Trinajstić information content (AvgIpc) is 2.42. The van der Waals surface area contributed by atoms with Crippen LogP contribution in [-0.4, -0.2) is 18.8 Å².